The fourth-order valence-corrected chi connectivity index (χ4v) is 1.42. The predicted molar refractivity (Wildman–Crippen MR) is 75.8 cm³/mol. The van der Waals surface area contributed by atoms with Gasteiger partial charge in [-0.1, -0.05) is 13.8 Å². The monoisotopic (exact) mass is 254 g/mol. The molecule has 0 radical (unpaired) electrons. The van der Waals surface area contributed by atoms with Gasteiger partial charge in [-0.25, -0.2) is 0 Å². The first-order chi connectivity index (χ1) is 8.34. The SMILES string of the molecule is CCC(N=NC(CC)C(=N)N(C)C)C(=N)N(C)C. The second-order valence-electron chi connectivity index (χ2n) is 4.64. The van der Waals surface area contributed by atoms with Gasteiger partial charge in [0, 0.05) is 28.2 Å². The average molecular weight is 254 g/mol. The van der Waals surface area contributed by atoms with Crippen molar-refractivity contribution in [3.05, 3.63) is 0 Å². The highest BCUT2D eigenvalue weighted by molar-refractivity contribution is 5.85. The summed E-state index contributed by atoms with van der Waals surface area (Å²) in [6, 6.07) is -0.437. The molecule has 0 rings (SSSR count). The Morgan fingerprint density at radius 3 is 1.28 bits per heavy atom. The van der Waals surface area contributed by atoms with Gasteiger partial charge in [-0.2, -0.15) is 10.2 Å². The van der Waals surface area contributed by atoms with Crippen LogP contribution in [0.15, 0.2) is 10.2 Å². The summed E-state index contributed by atoms with van der Waals surface area (Å²) in [5.74, 6) is 0.903. The summed E-state index contributed by atoms with van der Waals surface area (Å²) in [6.45, 7) is 3.97. The molecule has 0 amide bonds. The number of amidine groups is 2. The lowest BCUT2D eigenvalue weighted by atomic mass is 10.2. The summed E-state index contributed by atoms with van der Waals surface area (Å²) in [6.07, 6.45) is 1.48. The van der Waals surface area contributed by atoms with Crippen LogP contribution in [0.1, 0.15) is 26.7 Å². The van der Waals surface area contributed by atoms with Gasteiger partial charge in [-0.05, 0) is 12.8 Å². The quantitative estimate of drug-likeness (QED) is 0.432. The van der Waals surface area contributed by atoms with Crippen LogP contribution in [0, 0.1) is 10.8 Å². The molecule has 0 bridgehead atoms. The summed E-state index contributed by atoms with van der Waals surface area (Å²) in [7, 11) is 7.33. The minimum atomic E-state index is -0.219. The maximum absolute atomic E-state index is 7.90. The first-order valence-electron chi connectivity index (χ1n) is 6.26. The third-order valence-corrected chi connectivity index (χ3v) is 2.71. The van der Waals surface area contributed by atoms with E-state index in [1.807, 2.05) is 42.0 Å². The number of hydrogen-bond acceptors (Lipinski definition) is 4. The largest absolute Gasteiger partial charge is 0.365 e. The molecular formula is C12H26N6. The van der Waals surface area contributed by atoms with Gasteiger partial charge in [0.2, 0.25) is 0 Å². The molecule has 0 aliphatic carbocycles. The highest BCUT2D eigenvalue weighted by atomic mass is 15.2. The van der Waals surface area contributed by atoms with Gasteiger partial charge in [0.1, 0.15) is 23.8 Å². The summed E-state index contributed by atoms with van der Waals surface area (Å²) in [4.78, 5) is 3.48. The van der Waals surface area contributed by atoms with Crippen molar-refractivity contribution in [3.63, 3.8) is 0 Å². The maximum atomic E-state index is 7.90. The zero-order valence-corrected chi connectivity index (χ0v) is 12.4. The van der Waals surface area contributed by atoms with Crippen LogP contribution in [0.2, 0.25) is 0 Å². The molecule has 2 N–H and O–H groups in total. The molecule has 6 heteroatoms. The standard InChI is InChI=1S/C12H26N6/c1-7-9(11(13)17(3)4)15-16-10(8-2)12(14)18(5)6/h9-10,13-14H,7-8H2,1-6H3. The Morgan fingerprint density at radius 2 is 1.11 bits per heavy atom. The van der Waals surface area contributed by atoms with Crippen molar-refractivity contribution in [2.75, 3.05) is 28.2 Å². The predicted octanol–water partition coefficient (Wildman–Crippen LogP) is 2.07. The van der Waals surface area contributed by atoms with E-state index in [1.165, 1.54) is 0 Å². The van der Waals surface area contributed by atoms with E-state index in [1.54, 1.807) is 9.80 Å². The van der Waals surface area contributed by atoms with Crippen molar-refractivity contribution in [1.29, 1.82) is 10.8 Å². The van der Waals surface area contributed by atoms with Gasteiger partial charge in [0.25, 0.3) is 0 Å². The lowest BCUT2D eigenvalue weighted by molar-refractivity contribution is 0.541. The molecule has 0 aromatic rings. The van der Waals surface area contributed by atoms with Gasteiger partial charge in [0.05, 0.1) is 0 Å². The Labute approximate surface area is 110 Å². The fourth-order valence-electron chi connectivity index (χ4n) is 1.42. The molecule has 0 aromatic heterocycles. The number of hydrogen-bond donors (Lipinski definition) is 2. The highest BCUT2D eigenvalue weighted by Gasteiger charge is 2.17. The minimum absolute atomic E-state index is 0.219. The Bertz CT molecular complexity index is 278. The number of rotatable bonds is 6. The molecule has 2 unspecified atom stereocenters. The number of nitrogens with zero attached hydrogens (tertiary/aromatic N) is 4. The lowest BCUT2D eigenvalue weighted by Gasteiger charge is -2.21. The first-order valence-corrected chi connectivity index (χ1v) is 6.26. The van der Waals surface area contributed by atoms with Crippen LogP contribution in [0.3, 0.4) is 0 Å². The van der Waals surface area contributed by atoms with Gasteiger partial charge < -0.3 is 9.80 Å². The second kappa shape index (κ2) is 7.79. The van der Waals surface area contributed by atoms with Crippen molar-refractivity contribution in [3.8, 4) is 0 Å². The first kappa shape index (κ1) is 16.5. The Balaban J connectivity index is 4.76. The van der Waals surface area contributed by atoms with Gasteiger partial charge in [0.15, 0.2) is 0 Å². The molecule has 0 heterocycles. The van der Waals surface area contributed by atoms with E-state index in [-0.39, 0.29) is 12.1 Å². The van der Waals surface area contributed by atoms with Gasteiger partial charge >= 0.3 is 0 Å². The lowest BCUT2D eigenvalue weighted by Crippen LogP contribution is -2.33. The molecule has 104 valence electrons. The molecule has 0 aliphatic heterocycles. The Hall–Kier alpha value is -1.46. The smallest absolute Gasteiger partial charge is 0.127 e. The van der Waals surface area contributed by atoms with Crippen LogP contribution in [0.25, 0.3) is 0 Å². The number of nitrogens with one attached hydrogen (secondary N) is 2. The maximum Gasteiger partial charge on any atom is 0.127 e. The molecule has 18 heavy (non-hydrogen) atoms. The fraction of sp³-hybridized carbons (Fsp3) is 0.833. The van der Waals surface area contributed by atoms with Crippen molar-refractivity contribution in [2.45, 2.75) is 38.8 Å². The molecule has 0 aliphatic rings. The summed E-state index contributed by atoms with van der Waals surface area (Å²) >= 11 is 0. The molecule has 0 saturated heterocycles. The highest BCUT2D eigenvalue weighted by Crippen LogP contribution is 2.08. The molecule has 6 nitrogen and oxygen atoms in total. The minimum Gasteiger partial charge on any atom is -0.365 e. The number of azo groups is 1. The third-order valence-electron chi connectivity index (χ3n) is 2.71. The van der Waals surface area contributed by atoms with E-state index in [4.69, 9.17) is 10.8 Å². The van der Waals surface area contributed by atoms with Crippen molar-refractivity contribution < 1.29 is 0 Å². The molecule has 0 saturated carbocycles. The van der Waals surface area contributed by atoms with E-state index < -0.39 is 0 Å². The van der Waals surface area contributed by atoms with E-state index in [2.05, 4.69) is 10.2 Å². The summed E-state index contributed by atoms with van der Waals surface area (Å²) in [5, 5.41) is 24.3. The van der Waals surface area contributed by atoms with E-state index >= 15 is 0 Å². The van der Waals surface area contributed by atoms with Crippen LogP contribution in [0.5, 0.6) is 0 Å². The van der Waals surface area contributed by atoms with Crippen LogP contribution < -0.4 is 0 Å². The zero-order chi connectivity index (χ0) is 14.3. The van der Waals surface area contributed by atoms with Gasteiger partial charge in [-0.3, -0.25) is 10.8 Å². The zero-order valence-electron chi connectivity index (χ0n) is 12.4. The van der Waals surface area contributed by atoms with E-state index in [0.717, 1.165) is 12.8 Å². The summed E-state index contributed by atoms with van der Waals surface area (Å²) < 4.78 is 0. The van der Waals surface area contributed by atoms with Crippen LogP contribution in [0.4, 0.5) is 0 Å². The Morgan fingerprint density at radius 1 is 0.833 bits per heavy atom. The van der Waals surface area contributed by atoms with Crippen LogP contribution >= 0.6 is 0 Å². The molecule has 0 spiro atoms. The normalized spacial score (nSPS) is 14.3. The van der Waals surface area contributed by atoms with Crippen molar-refractivity contribution >= 4 is 11.7 Å². The molecular weight excluding hydrogens is 228 g/mol. The third kappa shape index (κ3) is 4.81. The van der Waals surface area contributed by atoms with Crippen molar-refractivity contribution in [2.24, 2.45) is 10.2 Å². The van der Waals surface area contributed by atoms with Crippen LogP contribution in [-0.4, -0.2) is 61.7 Å². The van der Waals surface area contributed by atoms with E-state index in [0.29, 0.717) is 11.7 Å². The molecule has 2 atom stereocenters. The number of likely N-dealkylation sites (N-methyl/N-ethyl adjacent to an activating group) is 2. The van der Waals surface area contributed by atoms with Gasteiger partial charge in [-0.15, -0.1) is 0 Å². The average Bonchev–Trinajstić information content (AvgIpc) is 2.33. The summed E-state index contributed by atoms with van der Waals surface area (Å²) in [5.41, 5.74) is 0. The van der Waals surface area contributed by atoms with Crippen molar-refractivity contribution in [1.82, 2.24) is 9.80 Å². The topological polar surface area (TPSA) is 78.9 Å². The Kier molecular flexibility index (Phi) is 7.16. The second-order valence-corrected chi connectivity index (χ2v) is 4.64. The van der Waals surface area contributed by atoms with E-state index in [9.17, 15) is 0 Å². The molecule has 0 aromatic carbocycles. The van der Waals surface area contributed by atoms with Crippen LogP contribution in [-0.2, 0) is 0 Å². The molecule has 0 fully saturated rings.